The zero-order chi connectivity index (χ0) is 13.0. The van der Waals surface area contributed by atoms with E-state index >= 15 is 0 Å². The molecule has 0 bridgehead atoms. The molecule has 0 atom stereocenters. The minimum atomic E-state index is 0.690. The normalized spacial score (nSPS) is 10.9. The number of anilines is 2. The topological polar surface area (TPSA) is 55.6 Å². The first-order valence-corrected chi connectivity index (χ1v) is 6.22. The molecule has 0 aliphatic carbocycles. The summed E-state index contributed by atoms with van der Waals surface area (Å²) in [5, 5.41) is 7.62. The molecule has 0 aliphatic heterocycles. The molecule has 2 rings (SSSR count). The molecule has 0 spiro atoms. The van der Waals surface area contributed by atoms with Crippen LogP contribution in [0.4, 0.5) is 11.6 Å². The van der Waals surface area contributed by atoms with Gasteiger partial charge in [0, 0.05) is 30.6 Å². The quantitative estimate of drug-likeness (QED) is 0.880. The van der Waals surface area contributed by atoms with Crippen LogP contribution in [0.1, 0.15) is 26.0 Å². The van der Waals surface area contributed by atoms with Crippen LogP contribution in [-0.2, 0) is 6.54 Å². The smallest absolute Gasteiger partial charge is 0.153 e. The molecule has 2 heterocycles. The van der Waals surface area contributed by atoms with Gasteiger partial charge in [0.05, 0.1) is 0 Å². The van der Waals surface area contributed by atoms with Crippen molar-refractivity contribution < 1.29 is 0 Å². The molecule has 0 radical (unpaired) electrons. The van der Waals surface area contributed by atoms with Crippen molar-refractivity contribution in [3.05, 3.63) is 30.4 Å². The summed E-state index contributed by atoms with van der Waals surface area (Å²) in [7, 11) is 0. The molecule has 2 aromatic heterocycles. The summed E-state index contributed by atoms with van der Waals surface area (Å²) < 4.78 is 1.95. The van der Waals surface area contributed by atoms with Gasteiger partial charge in [-0.1, -0.05) is 13.8 Å². The van der Waals surface area contributed by atoms with Gasteiger partial charge in [0.1, 0.15) is 12.1 Å². The van der Waals surface area contributed by atoms with Crippen molar-refractivity contribution in [2.75, 3.05) is 5.32 Å². The van der Waals surface area contributed by atoms with Gasteiger partial charge >= 0.3 is 0 Å². The van der Waals surface area contributed by atoms with Crippen LogP contribution in [-0.4, -0.2) is 19.7 Å². The lowest BCUT2D eigenvalue weighted by atomic mass is 10.1. The van der Waals surface area contributed by atoms with Crippen LogP contribution in [0.25, 0.3) is 0 Å². The second kappa shape index (κ2) is 5.62. The van der Waals surface area contributed by atoms with Gasteiger partial charge < -0.3 is 5.32 Å². The van der Waals surface area contributed by atoms with Gasteiger partial charge in [-0.05, 0) is 19.3 Å². The van der Waals surface area contributed by atoms with E-state index in [-0.39, 0.29) is 0 Å². The summed E-state index contributed by atoms with van der Waals surface area (Å²) >= 11 is 0. The van der Waals surface area contributed by atoms with Gasteiger partial charge in [0.2, 0.25) is 0 Å². The lowest BCUT2D eigenvalue weighted by Crippen LogP contribution is -2.03. The monoisotopic (exact) mass is 245 g/mol. The SMILES string of the molecule is Cc1cc(Nc2ccn(CCC(C)C)n2)ncn1. The molecule has 0 amide bonds. The van der Waals surface area contributed by atoms with Crippen LogP contribution in [0, 0.1) is 12.8 Å². The maximum atomic E-state index is 4.45. The Morgan fingerprint density at radius 1 is 1.28 bits per heavy atom. The highest BCUT2D eigenvalue weighted by molar-refractivity contribution is 5.50. The van der Waals surface area contributed by atoms with E-state index in [0.717, 1.165) is 30.3 Å². The standard InChI is InChI=1S/C13H19N5/c1-10(2)4-6-18-7-5-12(17-18)16-13-8-11(3)14-9-15-13/h5,7-10H,4,6H2,1-3H3,(H,14,15,16,17). The van der Waals surface area contributed by atoms with Crippen molar-refractivity contribution in [2.24, 2.45) is 5.92 Å². The fourth-order valence-electron chi connectivity index (χ4n) is 1.60. The largest absolute Gasteiger partial charge is 0.323 e. The summed E-state index contributed by atoms with van der Waals surface area (Å²) in [5.74, 6) is 2.28. The van der Waals surface area contributed by atoms with Gasteiger partial charge in [0.25, 0.3) is 0 Å². The minimum absolute atomic E-state index is 0.690. The number of hydrogen-bond acceptors (Lipinski definition) is 4. The average molecular weight is 245 g/mol. The molecule has 1 N–H and O–H groups in total. The molecule has 0 saturated carbocycles. The van der Waals surface area contributed by atoms with Crippen LogP contribution >= 0.6 is 0 Å². The molecular formula is C13H19N5. The van der Waals surface area contributed by atoms with Crippen LogP contribution < -0.4 is 5.32 Å². The van der Waals surface area contributed by atoms with E-state index in [4.69, 9.17) is 0 Å². The summed E-state index contributed by atoms with van der Waals surface area (Å²) in [6.45, 7) is 7.31. The van der Waals surface area contributed by atoms with E-state index in [2.05, 4.69) is 34.2 Å². The van der Waals surface area contributed by atoms with Crippen molar-refractivity contribution in [3.8, 4) is 0 Å². The van der Waals surface area contributed by atoms with Crippen LogP contribution in [0.15, 0.2) is 24.7 Å². The second-order valence-corrected chi connectivity index (χ2v) is 4.82. The molecule has 0 saturated heterocycles. The second-order valence-electron chi connectivity index (χ2n) is 4.82. The maximum Gasteiger partial charge on any atom is 0.153 e. The molecule has 18 heavy (non-hydrogen) atoms. The Bertz CT molecular complexity index is 504. The Morgan fingerprint density at radius 3 is 2.83 bits per heavy atom. The number of rotatable bonds is 5. The number of nitrogens with one attached hydrogen (secondary N) is 1. The molecule has 5 nitrogen and oxygen atoms in total. The third kappa shape index (κ3) is 3.55. The Balaban J connectivity index is 1.98. The summed E-state index contributed by atoms with van der Waals surface area (Å²) in [6.07, 6.45) is 4.67. The molecular weight excluding hydrogens is 226 g/mol. The molecule has 0 fully saturated rings. The Labute approximate surface area is 107 Å². The fraction of sp³-hybridized carbons (Fsp3) is 0.462. The molecule has 96 valence electrons. The van der Waals surface area contributed by atoms with Crippen molar-refractivity contribution in [1.82, 2.24) is 19.7 Å². The van der Waals surface area contributed by atoms with Gasteiger partial charge in [-0.15, -0.1) is 0 Å². The first-order chi connectivity index (χ1) is 8.63. The first kappa shape index (κ1) is 12.5. The van der Waals surface area contributed by atoms with E-state index in [1.807, 2.05) is 29.9 Å². The number of nitrogens with zero attached hydrogens (tertiary/aromatic N) is 4. The lowest BCUT2D eigenvalue weighted by Gasteiger charge is -2.04. The van der Waals surface area contributed by atoms with Crippen molar-refractivity contribution >= 4 is 11.6 Å². The third-order valence-corrected chi connectivity index (χ3v) is 2.64. The van der Waals surface area contributed by atoms with E-state index in [1.165, 1.54) is 0 Å². The number of hydrogen-bond donors (Lipinski definition) is 1. The highest BCUT2D eigenvalue weighted by Gasteiger charge is 2.02. The van der Waals surface area contributed by atoms with Gasteiger partial charge in [-0.3, -0.25) is 4.68 Å². The summed E-state index contributed by atoms with van der Waals surface area (Å²) in [5.41, 5.74) is 0.937. The van der Waals surface area contributed by atoms with Crippen LogP contribution in [0.3, 0.4) is 0 Å². The Kier molecular flexibility index (Phi) is 3.92. The molecule has 2 aromatic rings. The van der Waals surface area contributed by atoms with E-state index < -0.39 is 0 Å². The van der Waals surface area contributed by atoms with Gasteiger partial charge in [-0.2, -0.15) is 5.10 Å². The van der Waals surface area contributed by atoms with Crippen LogP contribution in [0.2, 0.25) is 0 Å². The van der Waals surface area contributed by atoms with E-state index in [1.54, 1.807) is 6.33 Å². The zero-order valence-corrected chi connectivity index (χ0v) is 11.1. The summed E-state index contributed by atoms with van der Waals surface area (Å²) in [4.78, 5) is 8.21. The molecule has 0 aromatic carbocycles. The predicted molar refractivity (Wildman–Crippen MR) is 71.7 cm³/mol. The van der Waals surface area contributed by atoms with E-state index in [0.29, 0.717) is 5.92 Å². The summed E-state index contributed by atoms with van der Waals surface area (Å²) in [6, 6.07) is 3.85. The highest BCUT2D eigenvalue weighted by atomic mass is 15.3. The number of aromatic nitrogens is 4. The minimum Gasteiger partial charge on any atom is -0.323 e. The first-order valence-electron chi connectivity index (χ1n) is 6.22. The van der Waals surface area contributed by atoms with Crippen molar-refractivity contribution in [3.63, 3.8) is 0 Å². The molecule has 0 aliphatic rings. The zero-order valence-electron chi connectivity index (χ0n) is 11.1. The van der Waals surface area contributed by atoms with Crippen molar-refractivity contribution in [2.45, 2.75) is 33.7 Å². The predicted octanol–water partition coefficient (Wildman–Crippen LogP) is 2.77. The Morgan fingerprint density at radius 2 is 2.11 bits per heavy atom. The average Bonchev–Trinajstić information content (AvgIpc) is 2.74. The number of aryl methyl sites for hydroxylation is 2. The molecule has 0 unspecified atom stereocenters. The van der Waals surface area contributed by atoms with Gasteiger partial charge in [-0.25, -0.2) is 9.97 Å². The van der Waals surface area contributed by atoms with E-state index in [9.17, 15) is 0 Å². The highest BCUT2D eigenvalue weighted by Crippen LogP contribution is 2.12. The fourth-order valence-corrected chi connectivity index (χ4v) is 1.60. The third-order valence-electron chi connectivity index (χ3n) is 2.64. The van der Waals surface area contributed by atoms with Gasteiger partial charge in [0.15, 0.2) is 5.82 Å². The lowest BCUT2D eigenvalue weighted by molar-refractivity contribution is 0.488. The van der Waals surface area contributed by atoms with Crippen molar-refractivity contribution in [1.29, 1.82) is 0 Å². The Hall–Kier alpha value is -1.91. The maximum absolute atomic E-state index is 4.45. The van der Waals surface area contributed by atoms with Crippen LogP contribution in [0.5, 0.6) is 0 Å². The molecule has 5 heteroatoms.